The lowest BCUT2D eigenvalue weighted by atomic mass is 10.2. The molecule has 3 N–H and O–H groups in total. The van der Waals surface area contributed by atoms with Crippen molar-refractivity contribution in [1.82, 2.24) is 15.0 Å². The fourth-order valence-corrected chi connectivity index (χ4v) is 2.22. The number of carbonyl (C=O) groups excluding carboxylic acids is 1. The van der Waals surface area contributed by atoms with E-state index >= 15 is 0 Å². The Bertz CT molecular complexity index is 863. The van der Waals surface area contributed by atoms with E-state index in [0.717, 1.165) is 5.56 Å². The molecule has 0 saturated carbocycles. The third-order valence-electron chi connectivity index (χ3n) is 3.34. The summed E-state index contributed by atoms with van der Waals surface area (Å²) in [5, 5.41) is 2.70. The Labute approximate surface area is 144 Å². The van der Waals surface area contributed by atoms with E-state index in [0.29, 0.717) is 23.9 Å². The zero-order chi connectivity index (χ0) is 17.6. The average molecular weight is 335 g/mol. The summed E-state index contributed by atoms with van der Waals surface area (Å²) in [7, 11) is 0. The average Bonchev–Trinajstić information content (AvgIpc) is 2.61. The maximum absolute atomic E-state index is 12.4. The number of benzene rings is 1. The number of nitrogens with two attached hydrogens (primary N) is 1. The molecule has 2 aromatic heterocycles. The maximum atomic E-state index is 12.4. The van der Waals surface area contributed by atoms with Crippen molar-refractivity contribution < 1.29 is 9.53 Å². The van der Waals surface area contributed by atoms with Gasteiger partial charge in [-0.15, -0.1) is 0 Å². The number of hydrogen-bond acceptors (Lipinski definition) is 6. The number of hydrogen-bond donors (Lipinski definition) is 2. The molecule has 0 bridgehead atoms. The molecule has 1 aromatic carbocycles. The summed E-state index contributed by atoms with van der Waals surface area (Å²) in [6, 6.07) is 14.8. The summed E-state index contributed by atoms with van der Waals surface area (Å²) in [5.74, 6) is 0.406. The van der Waals surface area contributed by atoms with Crippen molar-refractivity contribution in [3.05, 3.63) is 71.7 Å². The van der Waals surface area contributed by atoms with Gasteiger partial charge in [-0.2, -0.15) is 0 Å². The Kier molecular flexibility index (Phi) is 4.84. The van der Waals surface area contributed by atoms with Crippen LogP contribution in [0.1, 0.15) is 21.7 Å². The number of rotatable bonds is 5. The van der Waals surface area contributed by atoms with Crippen molar-refractivity contribution in [2.45, 2.75) is 13.5 Å². The maximum Gasteiger partial charge on any atom is 0.275 e. The molecule has 3 rings (SSSR count). The molecule has 1 amide bonds. The molecule has 2 heterocycles. The van der Waals surface area contributed by atoms with E-state index in [1.807, 2.05) is 30.3 Å². The number of nitrogens with zero attached hydrogens (tertiary/aromatic N) is 3. The Morgan fingerprint density at radius 2 is 1.96 bits per heavy atom. The van der Waals surface area contributed by atoms with Gasteiger partial charge in [0.25, 0.3) is 5.91 Å². The minimum absolute atomic E-state index is 0.0479. The fraction of sp³-hybridized carbons (Fsp3) is 0.111. The molecular weight excluding hydrogens is 318 g/mol. The highest BCUT2D eigenvalue weighted by Crippen LogP contribution is 2.22. The van der Waals surface area contributed by atoms with Crippen LogP contribution < -0.4 is 15.8 Å². The van der Waals surface area contributed by atoms with E-state index in [2.05, 4.69) is 20.3 Å². The molecule has 0 atom stereocenters. The zero-order valence-electron chi connectivity index (χ0n) is 13.6. The van der Waals surface area contributed by atoms with Gasteiger partial charge in [0.1, 0.15) is 12.3 Å². The van der Waals surface area contributed by atoms with Gasteiger partial charge in [0.15, 0.2) is 11.6 Å². The van der Waals surface area contributed by atoms with Gasteiger partial charge < -0.3 is 15.8 Å². The molecule has 126 valence electrons. The van der Waals surface area contributed by atoms with Crippen LogP contribution in [0.25, 0.3) is 0 Å². The molecule has 7 heteroatoms. The number of aromatic nitrogens is 3. The lowest BCUT2D eigenvalue weighted by Gasteiger charge is -2.11. The minimum atomic E-state index is -0.430. The van der Waals surface area contributed by atoms with Crippen LogP contribution in [0.15, 0.2) is 54.7 Å². The normalized spacial score (nSPS) is 10.3. The van der Waals surface area contributed by atoms with Crippen LogP contribution in [0, 0.1) is 6.92 Å². The van der Waals surface area contributed by atoms with E-state index < -0.39 is 5.91 Å². The van der Waals surface area contributed by atoms with Crippen LogP contribution in [-0.4, -0.2) is 20.9 Å². The monoisotopic (exact) mass is 335 g/mol. The minimum Gasteiger partial charge on any atom is -0.485 e. The highest BCUT2D eigenvalue weighted by Gasteiger charge is 2.13. The van der Waals surface area contributed by atoms with Crippen LogP contribution in [0.4, 0.5) is 11.8 Å². The first-order valence-electron chi connectivity index (χ1n) is 7.66. The van der Waals surface area contributed by atoms with E-state index in [4.69, 9.17) is 10.5 Å². The van der Waals surface area contributed by atoms with Gasteiger partial charge in [0.2, 0.25) is 5.95 Å². The molecule has 3 aromatic rings. The van der Waals surface area contributed by atoms with Gasteiger partial charge in [-0.25, -0.2) is 15.0 Å². The summed E-state index contributed by atoms with van der Waals surface area (Å²) in [5.41, 5.74) is 7.39. The molecule has 0 fully saturated rings. The van der Waals surface area contributed by atoms with E-state index in [9.17, 15) is 4.79 Å². The number of pyridine rings is 1. The van der Waals surface area contributed by atoms with Gasteiger partial charge in [0, 0.05) is 11.9 Å². The molecule has 0 saturated heterocycles. The number of carbonyl (C=O) groups is 1. The van der Waals surface area contributed by atoms with E-state index in [1.54, 1.807) is 31.3 Å². The quantitative estimate of drug-likeness (QED) is 0.743. The molecule has 7 nitrogen and oxygen atoms in total. The fourth-order valence-electron chi connectivity index (χ4n) is 2.22. The van der Waals surface area contributed by atoms with Gasteiger partial charge in [0.05, 0.1) is 0 Å². The topological polar surface area (TPSA) is 103 Å². The van der Waals surface area contributed by atoms with Gasteiger partial charge in [-0.3, -0.25) is 4.79 Å². The zero-order valence-corrected chi connectivity index (χ0v) is 13.6. The molecule has 0 aliphatic heterocycles. The van der Waals surface area contributed by atoms with Crippen molar-refractivity contribution in [2.24, 2.45) is 0 Å². The first-order chi connectivity index (χ1) is 12.1. The van der Waals surface area contributed by atoms with Gasteiger partial charge in [-0.1, -0.05) is 30.3 Å². The van der Waals surface area contributed by atoms with Gasteiger partial charge in [-0.05, 0) is 30.7 Å². The predicted octanol–water partition coefficient (Wildman–Crippen LogP) is 2.59. The van der Waals surface area contributed by atoms with Crippen LogP contribution >= 0.6 is 0 Å². The number of anilines is 2. The first-order valence-corrected chi connectivity index (χ1v) is 7.66. The summed E-state index contributed by atoms with van der Waals surface area (Å²) < 4.78 is 5.77. The summed E-state index contributed by atoms with van der Waals surface area (Å²) in [4.78, 5) is 24.5. The number of aryl methyl sites for hydroxylation is 1. The second-order valence-electron chi connectivity index (χ2n) is 5.33. The van der Waals surface area contributed by atoms with Crippen molar-refractivity contribution in [3.8, 4) is 5.75 Å². The summed E-state index contributed by atoms with van der Waals surface area (Å²) in [6.07, 6.45) is 1.57. The van der Waals surface area contributed by atoms with Crippen molar-refractivity contribution in [3.63, 3.8) is 0 Å². The first kappa shape index (κ1) is 16.4. The molecule has 25 heavy (non-hydrogen) atoms. The Balaban J connectivity index is 1.75. The lowest BCUT2D eigenvalue weighted by molar-refractivity contribution is 0.102. The second-order valence-corrected chi connectivity index (χ2v) is 5.33. The smallest absolute Gasteiger partial charge is 0.275 e. The summed E-state index contributed by atoms with van der Waals surface area (Å²) in [6.45, 7) is 2.11. The highest BCUT2D eigenvalue weighted by molar-refractivity contribution is 6.03. The van der Waals surface area contributed by atoms with Crippen LogP contribution in [0.2, 0.25) is 0 Å². The molecule has 0 radical (unpaired) electrons. The van der Waals surface area contributed by atoms with Crippen LogP contribution in [0.5, 0.6) is 5.75 Å². The molecule has 0 aliphatic rings. The standard InChI is InChI=1S/C18H17N5O2/c1-12-10-14(22-18(19)21-12)17(24)23-16-15(8-5-9-20-16)25-11-13-6-3-2-4-7-13/h2-10H,11H2,1H3,(H2,19,21,22)(H,20,23,24). The third kappa shape index (κ3) is 4.29. The van der Waals surface area contributed by atoms with Crippen LogP contribution in [0.3, 0.4) is 0 Å². The predicted molar refractivity (Wildman–Crippen MR) is 94.1 cm³/mol. The Hall–Kier alpha value is -3.48. The van der Waals surface area contributed by atoms with E-state index in [-0.39, 0.29) is 11.6 Å². The number of ether oxygens (including phenoxy) is 1. The van der Waals surface area contributed by atoms with E-state index in [1.165, 1.54) is 0 Å². The molecule has 0 aliphatic carbocycles. The molecule has 0 spiro atoms. The largest absolute Gasteiger partial charge is 0.485 e. The number of amides is 1. The van der Waals surface area contributed by atoms with Crippen molar-refractivity contribution >= 4 is 17.7 Å². The second kappa shape index (κ2) is 7.39. The third-order valence-corrected chi connectivity index (χ3v) is 3.34. The number of nitrogens with one attached hydrogen (secondary N) is 1. The SMILES string of the molecule is Cc1cc(C(=O)Nc2ncccc2OCc2ccccc2)nc(N)n1. The van der Waals surface area contributed by atoms with Crippen molar-refractivity contribution in [1.29, 1.82) is 0 Å². The summed E-state index contributed by atoms with van der Waals surface area (Å²) >= 11 is 0. The molecular formula is C18H17N5O2. The van der Waals surface area contributed by atoms with Gasteiger partial charge >= 0.3 is 0 Å². The molecule has 0 unspecified atom stereocenters. The number of nitrogen functional groups attached to an aromatic ring is 1. The van der Waals surface area contributed by atoms with Crippen molar-refractivity contribution in [2.75, 3.05) is 11.1 Å². The lowest BCUT2D eigenvalue weighted by Crippen LogP contribution is -2.17. The van der Waals surface area contributed by atoms with Crippen LogP contribution in [-0.2, 0) is 6.61 Å². The Morgan fingerprint density at radius 1 is 1.16 bits per heavy atom. The Morgan fingerprint density at radius 3 is 2.72 bits per heavy atom. The highest BCUT2D eigenvalue weighted by atomic mass is 16.5.